The molecule has 56 heavy (non-hydrogen) atoms. The number of anilines is 2. The van der Waals surface area contributed by atoms with Gasteiger partial charge in [0.2, 0.25) is 5.91 Å². The summed E-state index contributed by atoms with van der Waals surface area (Å²) in [4.78, 5) is 34.7. The van der Waals surface area contributed by atoms with Gasteiger partial charge >= 0.3 is 6.09 Å². The zero-order chi connectivity index (χ0) is 38.6. The summed E-state index contributed by atoms with van der Waals surface area (Å²) >= 11 is 0. The summed E-state index contributed by atoms with van der Waals surface area (Å²) in [5, 5.41) is 0. The quantitative estimate of drug-likeness (QED) is 0.142. The van der Waals surface area contributed by atoms with Crippen LogP contribution < -0.4 is 19.3 Å². The van der Waals surface area contributed by atoms with Crippen molar-refractivity contribution < 1.29 is 32.6 Å². The number of piperazine rings is 1. The Kier molecular flexibility index (Phi) is 11.1. The molecule has 11 heteroatoms. The van der Waals surface area contributed by atoms with Crippen LogP contribution in [0.5, 0.6) is 11.5 Å². The predicted molar refractivity (Wildman–Crippen MR) is 211 cm³/mol. The van der Waals surface area contributed by atoms with Crippen LogP contribution in [0.25, 0.3) is 0 Å². The zero-order valence-corrected chi connectivity index (χ0v) is 32.0. The number of carbonyl (C=O) groups excluding carboxylic acids is 2. The first-order valence-corrected chi connectivity index (χ1v) is 19.9. The van der Waals surface area contributed by atoms with Crippen molar-refractivity contribution in [1.29, 1.82) is 0 Å². The molecule has 9 nitrogen and oxygen atoms in total. The molecular weight excluding hydrogens is 715 g/mol. The number of methoxy groups -OCH3 is 1. The van der Waals surface area contributed by atoms with Gasteiger partial charge in [-0.25, -0.2) is 13.6 Å². The summed E-state index contributed by atoms with van der Waals surface area (Å²) in [5.41, 5.74) is 2.62. The number of halogens is 2. The van der Waals surface area contributed by atoms with Gasteiger partial charge in [-0.1, -0.05) is 73.5 Å². The standard InChI is InChI=1S/C45H50F2N4O5/c1-54-41-28-38(49-20-16-32(17-21-49)29-48-22-24-50(25-23-48)44(53)56-31-34-12-6-3-7-13-34)37(47)27-36(41)42-45(18-8-9-19-45)43(52)51(42)39-26-35(46)14-15-40(39)55-30-33-10-4-2-5-11-33/h2-7,10-15,26-28,32,42H,8-9,16-25,29-31H2,1H3/t42-/m0/s1. The van der Waals surface area contributed by atoms with Crippen molar-refractivity contribution >= 4 is 23.4 Å². The Labute approximate surface area is 327 Å². The fourth-order valence-electron chi connectivity index (χ4n) is 9.21. The molecule has 3 aliphatic heterocycles. The van der Waals surface area contributed by atoms with E-state index in [2.05, 4.69) is 9.80 Å². The average molecular weight is 765 g/mol. The van der Waals surface area contributed by atoms with Gasteiger partial charge in [-0.15, -0.1) is 0 Å². The maximum absolute atomic E-state index is 16.4. The van der Waals surface area contributed by atoms with E-state index in [4.69, 9.17) is 14.2 Å². The molecule has 0 N–H and O–H groups in total. The van der Waals surface area contributed by atoms with Gasteiger partial charge in [-0.3, -0.25) is 14.6 Å². The SMILES string of the molecule is COc1cc(N2CCC(CN3CCN(C(=O)OCc4ccccc4)CC3)CC2)c(F)cc1[C@@H]1N(c2cc(F)ccc2OCc2ccccc2)C(=O)C12CCCC2. The van der Waals surface area contributed by atoms with E-state index in [1.165, 1.54) is 12.1 Å². The van der Waals surface area contributed by atoms with Crippen molar-refractivity contribution in [3.05, 3.63) is 119 Å². The van der Waals surface area contributed by atoms with Crippen molar-refractivity contribution in [3.63, 3.8) is 0 Å². The number of ether oxygens (including phenoxy) is 3. The molecule has 1 atom stereocenters. The van der Waals surface area contributed by atoms with Crippen LogP contribution >= 0.6 is 0 Å². The van der Waals surface area contributed by atoms with Crippen molar-refractivity contribution in [1.82, 2.24) is 9.80 Å². The van der Waals surface area contributed by atoms with Gasteiger partial charge in [0, 0.05) is 63.5 Å². The van der Waals surface area contributed by atoms with Crippen LogP contribution in [-0.2, 0) is 22.7 Å². The van der Waals surface area contributed by atoms with Crippen molar-refractivity contribution in [3.8, 4) is 11.5 Å². The molecule has 3 heterocycles. The highest BCUT2D eigenvalue weighted by atomic mass is 19.1. The molecule has 294 valence electrons. The predicted octanol–water partition coefficient (Wildman–Crippen LogP) is 8.37. The second-order valence-electron chi connectivity index (χ2n) is 15.6. The van der Waals surface area contributed by atoms with E-state index >= 15 is 4.39 Å². The minimum atomic E-state index is -0.712. The minimum Gasteiger partial charge on any atom is -0.496 e. The van der Waals surface area contributed by atoms with Gasteiger partial charge in [0.1, 0.15) is 36.3 Å². The lowest BCUT2D eigenvalue weighted by Crippen LogP contribution is -2.62. The van der Waals surface area contributed by atoms with Crippen molar-refractivity contribution in [2.75, 3.05) is 62.7 Å². The van der Waals surface area contributed by atoms with E-state index in [0.717, 1.165) is 56.4 Å². The molecule has 1 saturated carbocycles. The number of nitrogens with zero attached hydrogens (tertiary/aromatic N) is 4. The van der Waals surface area contributed by atoms with E-state index in [-0.39, 0.29) is 31.0 Å². The topological polar surface area (TPSA) is 74.8 Å². The zero-order valence-electron chi connectivity index (χ0n) is 32.0. The van der Waals surface area contributed by atoms with Crippen LogP contribution in [0.4, 0.5) is 25.0 Å². The number of carbonyl (C=O) groups is 2. The second-order valence-corrected chi connectivity index (χ2v) is 15.6. The van der Waals surface area contributed by atoms with E-state index in [0.29, 0.717) is 73.4 Å². The van der Waals surface area contributed by atoms with Gasteiger partial charge in [0.15, 0.2) is 0 Å². The third-order valence-electron chi connectivity index (χ3n) is 12.2. The number of benzene rings is 4. The molecular formula is C45H50F2N4O5. The van der Waals surface area contributed by atoms with Crippen LogP contribution in [0.3, 0.4) is 0 Å². The Morgan fingerprint density at radius 1 is 0.768 bits per heavy atom. The molecule has 0 bridgehead atoms. The number of β-lactam (4-membered cyclic amide) rings is 1. The number of piperidine rings is 1. The fraction of sp³-hybridized carbons (Fsp3) is 0.422. The molecule has 4 aromatic rings. The Morgan fingerprint density at radius 3 is 2.09 bits per heavy atom. The summed E-state index contributed by atoms with van der Waals surface area (Å²) in [6.07, 6.45) is 4.71. The van der Waals surface area contributed by atoms with E-state index in [1.54, 1.807) is 35.1 Å². The fourth-order valence-corrected chi connectivity index (χ4v) is 9.21. The normalized spacial score (nSPS) is 19.9. The maximum atomic E-state index is 16.4. The van der Waals surface area contributed by atoms with Gasteiger partial charge in [-0.05, 0) is 60.9 Å². The molecule has 4 aromatic carbocycles. The molecule has 0 unspecified atom stereocenters. The lowest BCUT2D eigenvalue weighted by Gasteiger charge is -2.55. The maximum Gasteiger partial charge on any atom is 0.410 e. The van der Waals surface area contributed by atoms with Gasteiger partial charge in [0.25, 0.3) is 0 Å². The van der Waals surface area contributed by atoms with Crippen LogP contribution in [0.2, 0.25) is 0 Å². The van der Waals surface area contributed by atoms with Crippen LogP contribution in [-0.4, -0.2) is 74.7 Å². The Hall–Kier alpha value is -5.16. The van der Waals surface area contributed by atoms with Crippen molar-refractivity contribution in [2.45, 2.75) is 57.8 Å². The smallest absolute Gasteiger partial charge is 0.410 e. The van der Waals surface area contributed by atoms with E-state index in [9.17, 15) is 14.0 Å². The molecule has 0 radical (unpaired) electrons. The van der Waals surface area contributed by atoms with Crippen LogP contribution in [0, 0.1) is 23.0 Å². The number of hydrogen-bond acceptors (Lipinski definition) is 7. The summed E-state index contributed by atoms with van der Waals surface area (Å²) < 4.78 is 49.0. The molecule has 2 amide bonds. The Morgan fingerprint density at radius 2 is 1.43 bits per heavy atom. The lowest BCUT2D eigenvalue weighted by molar-refractivity contribution is -0.139. The number of rotatable bonds is 11. The third kappa shape index (κ3) is 7.65. The summed E-state index contributed by atoms with van der Waals surface area (Å²) in [5.74, 6) is 0.442. The highest BCUT2D eigenvalue weighted by Crippen LogP contribution is 2.62. The lowest BCUT2D eigenvalue weighted by atomic mass is 9.66. The third-order valence-corrected chi connectivity index (χ3v) is 12.2. The summed E-state index contributed by atoms with van der Waals surface area (Å²) in [7, 11) is 1.58. The molecule has 3 saturated heterocycles. The largest absolute Gasteiger partial charge is 0.496 e. The molecule has 0 aromatic heterocycles. The average Bonchev–Trinajstić information content (AvgIpc) is 3.76. The van der Waals surface area contributed by atoms with Gasteiger partial charge < -0.3 is 24.0 Å². The monoisotopic (exact) mass is 764 g/mol. The number of hydrogen-bond donors (Lipinski definition) is 0. The number of amides is 2. The van der Waals surface area contributed by atoms with E-state index in [1.807, 2.05) is 60.7 Å². The molecule has 8 rings (SSSR count). The minimum absolute atomic E-state index is 0.0897. The van der Waals surface area contributed by atoms with E-state index < -0.39 is 17.3 Å². The highest BCUT2D eigenvalue weighted by molar-refractivity contribution is 6.07. The van der Waals surface area contributed by atoms with Gasteiger partial charge in [-0.2, -0.15) is 0 Å². The Balaban J connectivity index is 0.928. The summed E-state index contributed by atoms with van der Waals surface area (Å²) in [6, 6.07) is 26.4. The second kappa shape index (κ2) is 16.5. The molecule has 1 spiro atoms. The van der Waals surface area contributed by atoms with Gasteiger partial charge in [0.05, 0.1) is 29.9 Å². The van der Waals surface area contributed by atoms with Crippen molar-refractivity contribution in [2.24, 2.45) is 11.3 Å². The molecule has 4 aliphatic rings. The van der Waals surface area contributed by atoms with Crippen LogP contribution in [0.15, 0.2) is 91.0 Å². The van der Waals surface area contributed by atoms with Crippen LogP contribution in [0.1, 0.15) is 61.3 Å². The Bertz CT molecular complexity index is 1990. The molecule has 1 aliphatic carbocycles. The first-order valence-electron chi connectivity index (χ1n) is 19.9. The first kappa shape index (κ1) is 37.7. The molecule has 4 fully saturated rings. The highest BCUT2D eigenvalue weighted by Gasteiger charge is 2.63. The summed E-state index contributed by atoms with van der Waals surface area (Å²) in [6.45, 7) is 5.75. The first-order chi connectivity index (χ1) is 27.3.